The Kier molecular flexibility index (Phi) is 4.98. The van der Waals surface area contributed by atoms with Crippen molar-refractivity contribution in [3.8, 4) is 0 Å². The minimum Gasteiger partial charge on any atom is -0.367 e. The maximum atomic E-state index is 10.7. The first-order chi connectivity index (χ1) is 8.06. The summed E-state index contributed by atoms with van der Waals surface area (Å²) in [5.41, 5.74) is 2.26. The third-order valence-electron chi connectivity index (χ3n) is 1.98. The molecule has 0 saturated heterocycles. The number of anilines is 2. The van der Waals surface area contributed by atoms with Crippen LogP contribution in [0.5, 0.6) is 0 Å². The van der Waals surface area contributed by atoms with E-state index in [4.69, 9.17) is 5.84 Å². The molecule has 1 aromatic heterocycles. The second-order valence-electron chi connectivity index (χ2n) is 3.50. The Morgan fingerprint density at radius 2 is 2.24 bits per heavy atom. The molecule has 4 N–H and O–H groups in total. The van der Waals surface area contributed by atoms with Gasteiger partial charge in [0.1, 0.15) is 11.6 Å². The lowest BCUT2D eigenvalue weighted by Crippen LogP contribution is -2.19. The van der Waals surface area contributed by atoms with E-state index in [1.54, 1.807) is 11.8 Å². The van der Waals surface area contributed by atoms with Crippen molar-refractivity contribution in [2.45, 2.75) is 13.0 Å². The van der Waals surface area contributed by atoms with Gasteiger partial charge in [0.2, 0.25) is 0 Å². The number of hydrogen-bond donors (Lipinski definition) is 3. The van der Waals surface area contributed by atoms with E-state index >= 15 is 0 Å². The van der Waals surface area contributed by atoms with Gasteiger partial charge >= 0.3 is 0 Å². The molecular weight excluding hydrogens is 242 g/mol. The standard InChI is InChI=1S/C9H15N5O2S/c1-6(5-17-2)11-8-3-7(14(15)16)4-9(12-8)13-10/h3-4,6H,5,10H2,1-2H3,(H2,11,12,13). The zero-order valence-electron chi connectivity index (χ0n) is 9.64. The number of rotatable bonds is 6. The monoisotopic (exact) mass is 257 g/mol. The smallest absolute Gasteiger partial charge is 0.276 e. The highest BCUT2D eigenvalue weighted by Crippen LogP contribution is 2.20. The molecule has 0 saturated carbocycles. The van der Waals surface area contributed by atoms with Gasteiger partial charge in [0.05, 0.1) is 17.1 Å². The van der Waals surface area contributed by atoms with Crippen LogP contribution in [-0.4, -0.2) is 28.0 Å². The maximum absolute atomic E-state index is 10.7. The molecule has 1 atom stereocenters. The Bertz CT molecular complexity index is 401. The molecule has 0 amide bonds. The molecule has 1 aromatic rings. The van der Waals surface area contributed by atoms with Crippen molar-refractivity contribution in [1.82, 2.24) is 4.98 Å². The number of nitrogen functional groups attached to an aromatic ring is 1. The predicted octanol–water partition coefficient (Wildman–Crippen LogP) is 1.44. The average Bonchev–Trinajstić information content (AvgIpc) is 2.28. The fraction of sp³-hybridized carbons (Fsp3) is 0.444. The summed E-state index contributed by atoms with van der Waals surface area (Å²) in [7, 11) is 0. The van der Waals surface area contributed by atoms with Crippen molar-refractivity contribution >= 4 is 29.1 Å². The molecule has 0 aliphatic rings. The third-order valence-corrected chi connectivity index (χ3v) is 2.81. The molecule has 1 heterocycles. The van der Waals surface area contributed by atoms with Gasteiger partial charge in [-0.25, -0.2) is 10.8 Å². The van der Waals surface area contributed by atoms with Crippen LogP contribution in [0.15, 0.2) is 12.1 Å². The molecular formula is C9H15N5O2S. The summed E-state index contributed by atoms with van der Waals surface area (Å²) in [5.74, 6) is 6.80. The molecule has 94 valence electrons. The number of nitrogens with zero attached hydrogens (tertiary/aromatic N) is 2. The Hall–Kier alpha value is -1.54. The number of nitrogens with one attached hydrogen (secondary N) is 2. The van der Waals surface area contributed by atoms with Crippen LogP contribution >= 0.6 is 11.8 Å². The van der Waals surface area contributed by atoms with Crippen molar-refractivity contribution in [2.75, 3.05) is 22.8 Å². The number of hydrogen-bond acceptors (Lipinski definition) is 7. The molecule has 0 bridgehead atoms. The third kappa shape index (κ3) is 4.08. The van der Waals surface area contributed by atoms with Crippen LogP contribution in [0.4, 0.5) is 17.3 Å². The zero-order valence-corrected chi connectivity index (χ0v) is 10.5. The van der Waals surface area contributed by atoms with Crippen molar-refractivity contribution in [2.24, 2.45) is 5.84 Å². The van der Waals surface area contributed by atoms with E-state index in [0.717, 1.165) is 5.75 Å². The van der Waals surface area contributed by atoms with Gasteiger partial charge in [-0.05, 0) is 13.2 Å². The number of aromatic nitrogens is 1. The van der Waals surface area contributed by atoms with Crippen LogP contribution < -0.4 is 16.6 Å². The maximum Gasteiger partial charge on any atom is 0.276 e. The fourth-order valence-corrected chi connectivity index (χ4v) is 1.90. The normalized spacial score (nSPS) is 11.9. The molecule has 7 nitrogen and oxygen atoms in total. The van der Waals surface area contributed by atoms with Gasteiger partial charge in [-0.15, -0.1) is 0 Å². The topological polar surface area (TPSA) is 106 Å². The second-order valence-corrected chi connectivity index (χ2v) is 4.41. The highest BCUT2D eigenvalue weighted by atomic mass is 32.2. The zero-order chi connectivity index (χ0) is 12.8. The lowest BCUT2D eigenvalue weighted by molar-refractivity contribution is -0.384. The summed E-state index contributed by atoms with van der Waals surface area (Å²) in [6, 6.07) is 2.84. The lowest BCUT2D eigenvalue weighted by Gasteiger charge is -2.13. The van der Waals surface area contributed by atoms with Crippen LogP contribution in [0.3, 0.4) is 0 Å². The summed E-state index contributed by atoms with van der Waals surface area (Å²) in [5, 5.41) is 13.8. The molecule has 8 heteroatoms. The minimum absolute atomic E-state index is 0.0493. The molecule has 0 aliphatic carbocycles. The second kappa shape index (κ2) is 6.26. The summed E-state index contributed by atoms with van der Waals surface area (Å²) < 4.78 is 0. The van der Waals surface area contributed by atoms with Crippen molar-refractivity contribution in [3.63, 3.8) is 0 Å². The number of hydrazine groups is 1. The first kappa shape index (κ1) is 13.5. The number of thioether (sulfide) groups is 1. The number of nitrogens with two attached hydrogens (primary N) is 1. The molecule has 0 aliphatic heterocycles. The largest absolute Gasteiger partial charge is 0.367 e. The van der Waals surface area contributed by atoms with E-state index in [1.165, 1.54) is 12.1 Å². The van der Waals surface area contributed by atoms with E-state index in [9.17, 15) is 10.1 Å². The Balaban J connectivity index is 2.90. The van der Waals surface area contributed by atoms with Gasteiger partial charge in [-0.1, -0.05) is 0 Å². The van der Waals surface area contributed by atoms with Crippen LogP contribution in [0.2, 0.25) is 0 Å². The van der Waals surface area contributed by atoms with E-state index in [0.29, 0.717) is 5.82 Å². The number of pyridine rings is 1. The molecule has 0 fully saturated rings. The molecule has 0 radical (unpaired) electrons. The molecule has 1 rings (SSSR count). The van der Waals surface area contributed by atoms with Gasteiger partial charge in [0.15, 0.2) is 0 Å². The molecule has 1 unspecified atom stereocenters. The van der Waals surface area contributed by atoms with Gasteiger partial charge in [-0.2, -0.15) is 11.8 Å². The van der Waals surface area contributed by atoms with Gasteiger partial charge < -0.3 is 10.7 Å². The van der Waals surface area contributed by atoms with Crippen LogP contribution in [-0.2, 0) is 0 Å². The first-order valence-corrected chi connectivity index (χ1v) is 6.34. The van der Waals surface area contributed by atoms with Crippen molar-refractivity contribution in [3.05, 3.63) is 22.2 Å². The van der Waals surface area contributed by atoms with Crippen molar-refractivity contribution in [1.29, 1.82) is 0 Å². The highest BCUT2D eigenvalue weighted by Gasteiger charge is 2.12. The SMILES string of the molecule is CSCC(C)Nc1cc([N+](=O)[O-])cc(NN)n1. The summed E-state index contributed by atoms with van der Waals surface area (Å²) in [6.07, 6.45) is 1.99. The highest BCUT2D eigenvalue weighted by molar-refractivity contribution is 7.98. The van der Waals surface area contributed by atoms with Crippen LogP contribution in [0, 0.1) is 10.1 Å². The minimum atomic E-state index is -0.479. The molecule has 0 aromatic carbocycles. The van der Waals surface area contributed by atoms with E-state index in [1.807, 2.05) is 13.2 Å². The van der Waals surface area contributed by atoms with Crippen LogP contribution in [0.1, 0.15) is 6.92 Å². The summed E-state index contributed by atoms with van der Waals surface area (Å²) >= 11 is 1.68. The Morgan fingerprint density at radius 1 is 1.59 bits per heavy atom. The van der Waals surface area contributed by atoms with E-state index in [2.05, 4.69) is 15.7 Å². The summed E-state index contributed by atoms with van der Waals surface area (Å²) in [4.78, 5) is 14.3. The molecule has 17 heavy (non-hydrogen) atoms. The summed E-state index contributed by atoms with van der Waals surface area (Å²) in [6.45, 7) is 1.98. The predicted molar refractivity (Wildman–Crippen MR) is 70.2 cm³/mol. The van der Waals surface area contributed by atoms with Gasteiger partial charge in [-0.3, -0.25) is 10.1 Å². The van der Waals surface area contributed by atoms with E-state index in [-0.39, 0.29) is 17.5 Å². The molecule has 0 spiro atoms. The van der Waals surface area contributed by atoms with Gasteiger partial charge in [0.25, 0.3) is 5.69 Å². The number of nitro groups is 1. The average molecular weight is 257 g/mol. The van der Waals surface area contributed by atoms with Crippen LogP contribution in [0.25, 0.3) is 0 Å². The fourth-order valence-electron chi connectivity index (χ4n) is 1.31. The Labute approximate surface area is 103 Å². The van der Waals surface area contributed by atoms with Gasteiger partial charge in [0, 0.05) is 11.8 Å². The Morgan fingerprint density at radius 3 is 2.76 bits per heavy atom. The lowest BCUT2D eigenvalue weighted by atomic mass is 10.3. The quantitative estimate of drug-likeness (QED) is 0.402. The van der Waals surface area contributed by atoms with E-state index < -0.39 is 4.92 Å². The first-order valence-electron chi connectivity index (χ1n) is 4.95. The van der Waals surface area contributed by atoms with Crippen molar-refractivity contribution < 1.29 is 4.92 Å².